The summed E-state index contributed by atoms with van der Waals surface area (Å²) >= 11 is 0. The topological polar surface area (TPSA) is 56.6 Å². The van der Waals surface area contributed by atoms with E-state index >= 15 is 0 Å². The number of aryl methyl sites for hydroxylation is 1. The van der Waals surface area contributed by atoms with Crippen LogP contribution in [0.2, 0.25) is 0 Å². The fraction of sp³-hybridized carbons (Fsp3) is 0.733. The molecule has 1 aromatic rings. The Hall–Kier alpha value is -1.40. The molecule has 0 aliphatic carbocycles. The number of hydrogen-bond acceptors (Lipinski definition) is 4. The van der Waals surface area contributed by atoms with Crippen LogP contribution in [0, 0.1) is 0 Å². The molecule has 1 aliphatic heterocycles. The van der Waals surface area contributed by atoms with E-state index < -0.39 is 0 Å². The highest BCUT2D eigenvalue weighted by Gasteiger charge is 2.17. The van der Waals surface area contributed by atoms with Gasteiger partial charge >= 0.3 is 0 Å². The van der Waals surface area contributed by atoms with Crippen molar-refractivity contribution in [2.45, 2.75) is 38.8 Å². The Morgan fingerprint density at radius 1 is 1.57 bits per heavy atom. The van der Waals surface area contributed by atoms with Crippen LogP contribution in [0.1, 0.15) is 32.0 Å². The number of aromatic nitrogens is 2. The number of likely N-dealkylation sites (N-methyl/N-ethyl adjacent to an activating group) is 1. The zero-order valence-electron chi connectivity index (χ0n) is 13.0. The first-order chi connectivity index (χ1) is 10.2. The summed E-state index contributed by atoms with van der Waals surface area (Å²) in [5, 5.41) is 0. The van der Waals surface area contributed by atoms with E-state index in [1.807, 2.05) is 24.7 Å². The summed E-state index contributed by atoms with van der Waals surface area (Å²) < 4.78 is 13.0. The molecule has 118 valence electrons. The molecule has 1 amide bonds. The molecule has 1 fully saturated rings. The molecule has 1 aromatic heterocycles. The van der Waals surface area contributed by atoms with Gasteiger partial charge in [0.2, 0.25) is 5.91 Å². The Morgan fingerprint density at radius 3 is 3.05 bits per heavy atom. The SMILES string of the molecule is CCN(Cc1nccn1C)C(=O)COCC1CCCCO1. The number of imidazole rings is 1. The molecular formula is C15H25N3O3. The summed E-state index contributed by atoms with van der Waals surface area (Å²) in [6, 6.07) is 0. The molecule has 6 nitrogen and oxygen atoms in total. The van der Waals surface area contributed by atoms with Gasteiger partial charge in [-0.1, -0.05) is 0 Å². The molecule has 0 saturated carbocycles. The monoisotopic (exact) mass is 295 g/mol. The molecule has 0 N–H and O–H groups in total. The van der Waals surface area contributed by atoms with Gasteiger partial charge in [0.25, 0.3) is 0 Å². The van der Waals surface area contributed by atoms with Crippen molar-refractivity contribution in [1.82, 2.24) is 14.5 Å². The number of hydrogen-bond donors (Lipinski definition) is 0. The van der Waals surface area contributed by atoms with Crippen molar-refractivity contribution < 1.29 is 14.3 Å². The van der Waals surface area contributed by atoms with Crippen LogP contribution < -0.4 is 0 Å². The van der Waals surface area contributed by atoms with Crippen molar-refractivity contribution in [2.24, 2.45) is 7.05 Å². The van der Waals surface area contributed by atoms with Crippen molar-refractivity contribution in [2.75, 3.05) is 26.4 Å². The van der Waals surface area contributed by atoms with Crippen LogP contribution in [0.3, 0.4) is 0 Å². The van der Waals surface area contributed by atoms with E-state index in [0.29, 0.717) is 19.7 Å². The van der Waals surface area contributed by atoms with Gasteiger partial charge in [-0.25, -0.2) is 4.98 Å². The second kappa shape index (κ2) is 8.14. The summed E-state index contributed by atoms with van der Waals surface area (Å²) in [4.78, 5) is 18.2. The lowest BCUT2D eigenvalue weighted by atomic mass is 10.1. The van der Waals surface area contributed by atoms with Crippen molar-refractivity contribution in [3.05, 3.63) is 18.2 Å². The summed E-state index contributed by atoms with van der Waals surface area (Å²) in [5.41, 5.74) is 0. The van der Waals surface area contributed by atoms with Crippen LogP contribution in [-0.2, 0) is 27.9 Å². The fourth-order valence-corrected chi connectivity index (χ4v) is 2.40. The van der Waals surface area contributed by atoms with Gasteiger partial charge in [0.1, 0.15) is 12.4 Å². The number of amides is 1. The minimum absolute atomic E-state index is 0.00342. The lowest BCUT2D eigenvalue weighted by molar-refractivity contribution is -0.138. The van der Waals surface area contributed by atoms with Gasteiger partial charge in [-0.3, -0.25) is 4.79 Å². The van der Waals surface area contributed by atoms with Crippen LogP contribution in [0.15, 0.2) is 12.4 Å². The number of ether oxygens (including phenoxy) is 2. The number of carbonyl (C=O) groups is 1. The Balaban J connectivity index is 1.73. The smallest absolute Gasteiger partial charge is 0.248 e. The van der Waals surface area contributed by atoms with Crippen LogP contribution in [-0.4, -0.2) is 52.8 Å². The first kappa shape index (κ1) is 16.0. The van der Waals surface area contributed by atoms with Crippen LogP contribution in [0.5, 0.6) is 0 Å². The van der Waals surface area contributed by atoms with Crippen LogP contribution >= 0.6 is 0 Å². The lowest BCUT2D eigenvalue weighted by Crippen LogP contribution is -2.35. The fourth-order valence-electron chi connectivity index (χ4n) is 2.40. The molecule has 0 bridgehead atoms. The summed E-state index contributed by atoms with van der Waals surface area (Å²) in [6.45, 7) is 4.55. The molecule has 2 heterocycles. The van der Waals surface area contributed by atoms with Gasteiger partial charge in [-0.05, 0) is 26.2 Å². The van der Waals surface area contributed by atoms with Crippen molar-refractivity contribution in [1.29, 1.82) is 0 Å². The average molecular weight is 295 g/mol. The number of carbonyl (C=O) groups excluding carboxylic acids is 1. The summed E-state index contributed by atoms with van der Waals surface area (Å²) in [7, 11) is 1.93. The third-order valence-electron chi connectivity index (χ3n) is 3.79. The van der Waals surface area contributed by atoms with E-state index in [1.165, 1.54) is 6.42 Å². The molecule has 21 heavy (non-hydrogen) atoms. The van der Waals surface area contributed by atoms with Crippen molar-refractivity contribution in [3.8, 4) is 0 Å². The quantitative estimate of drug-likeness (QED) is 0.762. The van der Waals surface area contributed by atoms with Gasteiger partial charge in [-0.2, -0.15) is 0 Å². The Bertz CT molecular complexity index is 441. The molecule has 0 aromatic carbocycles. The van der Waals surface area contributed by atoms with Gasteiger partial charge < -0.3 is 18.9 Å². The maximum absolute atomic E-state index is 12.2. The van der Waals surface area contributed by atoms with Crippen LogP contribution in [0.4, 0.5) is 0 Å². The van der Waals surface area contributed by atoms with E-state index in [9.17, 15) is 4.79 Å². The van der Waals surface area contributed by atoms with Gasteiger partial charge in [0, 0.05) is 32.6 Å². The molecule has 6 heteroatoms. The van der Waals surface area contributed by atoms with Gasteiger partial charge in [0.15, 0.2) is 0 Å². The highest BCUT2D eigenvalue weighted by molar-refractivity contribution is 5.77. The molecule has 1 aliphatic rings. The molecule has 1 unspecified atom stereocenters. The predicted octanol–water partition coefficient (Wildman–Crippen LogP) is 1.35. The third kappa shape index (κ3) is 4.82. The minimum Gasteiger partial charge on any atom is -0.376 e. The van der Waals surface area contributed by atoms with E-state index in [2.05, 4.69) is 4.98 Å². The van der Waals surface area contributed by atoms with Gasteiger partial charge in [-0.15, -0.1) is 0 Å². The zero-order valence-corrected chi connectivity index (χ0v) is 13.0. The van der Waals surface area contributed by atoms with Crippen molar-refractivity contribution in [3.63, 3.8) is 0 Å². The maximum Gasteiger partial charge on any atom is 0.248 e. The minimum atomic E-state index is -0.00342. The lowest BCUT2D eigenvalue weighted by Gasteiger charge is -2.24. The van der Waals surface area contributed by atoms with E-state index in [4.69, 9.17) is 9.47 Å². The summed E-state index contributed by atoms with van der Waals surface area (Å²) in [6.07, 6.45) is 7.11. The molecule has 0 radical (unpaired) electrons. The van der Waals surface area contributed by atoms with E-state index in [0.717, 1.165) is 25.3 Å². The standard InChI is InChI=1S/C15H25N3O3/c1-3-18(10-14-16-7-8-17(14)2)15(19)12-20-11-13-6-4-5-9-21-13/h7-8,13H,3-6,9-12H2,1-2H3. The average Bonchev–Trinajstić information content (AvgIpc) is 2.91. The molecular weight excluding hydrogens is 270 g/mol. The first-order valence-corrected chi connectivity index (χ1v) is 7.64. The molecule has 0 spiro atoms. The largest absolute Gasteiger partial charge is 0.376 e. The number of rotatable bonds is 7. The molecule has 1 atom stereocenters. The van der Waals surface area contributed by atoms with E-state index in [1.54, 1.807) is 11.1 Å². The third-order valence-corrected chi connectivity index (χ3v) is 3.79. The highest BCUT2D eigenvalue weighted by Crippen LogP contribution is 2.12. The Morgan fingerprint density at radius 2 is 2.43 bits per heavy atom. The zero-order chi connectivity index (χ0) is 15.1. The van der Waals surface area contributed by atoms with Gasteiger partial charge in [0.05, 0.1) is 19.3 Å². The normalized spacial score (nSPS) is 18.7. The number of nitrogens with zero attached hydrogens (tertiary/aromatic N) is 3. The molecule has 2 rings (SSSR count). The van der Waals surface area contributed by atoms with E-state index in [-0.39, 0.29) is 18.6 Å². The second-order valence-corrected chi connectivity index (χ2v) is 5.37. The Labute approximate surface area is 126 Å². The predicted molar refractivity (Wildman–Crippen MR) is 78.7 cm³/mol. The Kier molecular flexibility index (Phi) is 6.20. The molecule has 1 saturated heterocycles. The second-order valence-electron chi connectivity index (χ2n) is 5.37. The summed E-state index contributed by atoms with van der Waals surface area (Å²) in [5.74, 6) is 0.872. The van der Waals surface area contributed by atoms with Crippen molar-refractivity contribution >= 4 is 5.91 Å². The maximum atomic E-state index is 12.2. The first-order valence-electron chi connectivity index (χ1n) is 7.64. The highest BCUT2D eigenvalue weighted by atomic mass is 16.5. The van der Waals surface area contributed by atoms with Crippen LogP contribution in [0.25, 0.3) is 0 Å².